The van der Waals surface area contributed by atoms with Crippen LogP contribution in [0.3, 0.4) is 0 Å². The fourth-order valence-corrected chi connectivity index (χ4v) is 4.09. The molecule has 2 heterocycles. The van der Waals surface area contributed by atoms with E-state index in [9.17, 15) is 14.7 Å². The Labute approximate surface area is 146 Å². The minimum atomic E-state index is -0.174. The van der Waals surface area contributed by atoms with Crippen molar-refractivity contribution in [3.8, 4) is 11.8 Å². The van der Waals surface area contributed by atoms with E-state index in [0.717, 1.165) is 32.2 Å². The summed E-state index contributed by atoms with van der Waals surface area (Å²) < 4.78 is 0. The molecule has 1 spiro atoms. The molecule has 1 N–H and O–H groups in total. The molecule has 4 rings (SSSR count). The molecule has 2 aliphatic heterocycles. The summed E-state index contributed by atoms with van der Waals surface area (Å²) in [6.45, 7) is 3.98. The SMILES string of the molecule is CCC1(C(=O)N2CCC23CN(C(=O)c2ccc(O)c(C#N)c2)C3)CC1. The van der Waals surface area contributed by atoms with E-state index in [-0.39, 0.29) is 34.1 Å². The highest BCUT2D eigenvalue weighted by molar-refractivity contribution is 5.96. The maximum absolute atomic E-state index is 12.8. The zero-order valence-electron chi connectivity index (χ0n) is 14.3. The van der Waals surface area contributed by atoms with Crippen LogP contribution in [0, 0.1) is 16.7 Å². The van der Waals surface area contributed by atoms with Crippen molar-refractivity contribution in [3.63, 3.8) is 0 Å². The van der Waals surface area contributed by atoms with Crippen LogP contribution < -0.4 is 0 Å². The van der Waals surface area contributed by atoms with Crippen molar-refractivity contribution in [2.75, 3.05) is 19.6 Å². The first-order valence-corrected chi connectivity index (χ1v) is 8.79. The monoisotopic (exact) mass is 339 g/mol. The summed E-state index contributed by atoms with van der Waals surface area (Å²) in [5, 5.41) is 18.6. The van der Waals surface area contributed by atoms with Crippen LogP contribution in [0.15, 0.2) is 18.2 Å². The van der Waals surface area contributed by atoms with Gasteiger partial charge in [0.05, 0.1) is 11.1 Å². The molecule has 0 aromatic heterocycles. The first-order valence-electron chi connectivity index (χ1n) is 8.79. The summed E-state index contributed by atoms with van der Waals surface area (Å²) in [4.78, 5) is 29.1. The average molecular weight is 339 g/mol. The van der Waals surface area contributed by atoms with Gasteiger partial charge in [0, 0.05) is 30.6 Å². The van der Waals surface area contributed by atoms with Gasteiger partial charge in [-0.15, -0.1) is 0 Å². The normalized spacial score (nSPS) is 21.9. The smallest absolute Gasteiger partial charge is 0.254 e. The van der Waals surface area contributed by atoms with Crippen molar-refractivity contribution in [2.45, 2.75) is 38.1 Å². The number of hydrogen-bond donors (Lipinski definition) is 1. The van der Waals surface area contributed by atoms with Crippen LogP contribution in [0.1, 0.15) is 48.5 Å². The molecule has 6 heteroatoms. The summed E-state index contributed by atoms with van der Waals surface area (Å²) in [5.74, 6) is -0.00742. The summed E-state index contributed by atoms with van der Waals surface area (Å²) in [6.07, 6.45) is 3.82. The van der Waals surface area contributed by atoms with E-state index < -0.39 is 0 Å². The molecule has 1 aromatic rings. The number of amides is 2. The van der Waals surface area contributed by atoms with E-state index in [1.165, 1.54) is 18.2 Å². The van der Waals surface area contributed by atoms with E-state index in [4.69, 9.17) is 5.26 Å². The van der Waals surface area contributed by atoms with Crippen LogP contribution in [-0.2, 0) is 4.79 Å². The van der Waals surface area contributed by atoms with Crippen molar-refractivity contribution < 1.29 is 14.7 Å². The predicted octanol–water partition coefficient (Wildman–Crippen LogP) is 1.88. The minimum absolute atomic E-state index is 0.0974. The second kappa shape index (κ2) is 5.22. The molecule has 6 nitrogen and oxygen atoms in total. The van der Waals surface area contributed by atoms with Gasteiger partial charge in [0.15, 0.2) is 0 Å². The molecule has 0 unspecified atom stereocenters. The third kappa shape index (κ3) is 2.22. The Morgan fingerprint density at radius 3 is 2.52 bits per heavy atom. The van der Waals surface area contributed by atoms with Crippen molar-refractivity contribution in [3.05, 3.63) is 29.3 Å². The molecular formula is C19H21N3O3. The molecule has 0 atom stereocenters. The van der Waals surface area contributed by atoms with Crippen LogP contribution >= 0.6 is 0 Å². The lowest BCUT2D eigenvalue weighted by molar-refractivity contribution is -0.168. The van der Waals surface area contributed by atoms with Crippen molar-refractivity contribution >= 4 is 11.8 Å². The van der Waals surface area contributed by atoms with Gasteiger partial charge in [0.2, 0.25) is 5.91 Å². The van der Waals surface area contributed by atoms with Crippen LogP contribution in [0.5, 0.6) is 5.75 Å². The molecule has 3 fully saturated rings. The zero-order chi connectivity index (χ0) is 17.8. The highest BCUT2D eigenvalue weighted by Crippen LogP contribution is 2.53. The molecule has 0 radical (unpaired) electrons. The molecule has 130 valence electrons. The van der Waals surface area contributed by atoms with Gasteiger partial charge < -0.3 is 14.9 Å². The Kier molecular flexibility index (Phi) is 3.33. The highest BCUT2D eigenvalue weighted by Gasteiger charge is 2.61. The van der Waals surface area contributed by atoms with Gasteiger partial charge in [-0.2, -0.15) is 5.26 Å². The van der Waals surface area contributed by atoms with Crippen molar-refractivity contribution in [2.24, 2.45) is 5.41 Å². The van der Waals surface area contributed by atoms with Gasteiger partial charge in [-0.3, -0.25) is 9.59 Å². The number of carbonyl (C=O) groups is 2. The third-order valence-corrected chi connectivity index (χ3v) is 6.22. The second-order valence-corrected chi connectivity index (χ2v) is 7.57. The molecule has 1 saturated carbocycles. The molecule has 0 bridgehead atoms. The zero-order valence-corrected chi connectivity index (χ0v) is 14.3. The topological polar surface area (TPSA) is 84.6 Å². The van der Waals surface area contributed by atoms with Gasteiger partial charge in [-0.25, -0.2) is 0 Å². The average Bonchev–Trinajstić information content (AvgIpc) is 3.34. The van der Waals surface area contributed by atoms with Crippen molar-refractivity contribution in [1.29, 1.82) is 5.26 Å². The fraction of sp³-hybridized carbons (Fsp3) is 0.526. The fourth-order valence-electron chi connectivity index (χ4n) is 4.09. The predicted molar refractivity (Wildman–Crippen MR) is 89.7 cm³/mol. The molecular weight excluding hydrogens is 318 g/mol. The standard InChI is InChI=1S/C19H21N3O3/c1-2-18(5-6-18)17(25)22-8-7-19(22)11-21(12-19)16(24)13-3-4-15(23)14(9-13)10-20/h3-4,9,23H,2,5-8,11-12H2,1H3. The number of rotatable bonds is 3. The number of aromatic hydroxyl groups is 1. The first kappa shape index (κ1) is 15.9. The lowest BCUT2D eigenvalue weighted by Gasteiger charge is -2.63. The molecule has 2 amide bonds. The number of phenolic OH excluding ortho intramolecular Hbond substituents is 1. The number of nitriles is 1. The number of benzene rings is 1. The highest BCUT2D eigenvalue weighted by atomic mass is 16.3. The molecule has 25 heavy (non-hydrogen) atoms. The van der Waals surface area contributed by atoms with Crippen LogP contribution in [0.25, 0.3) is 0 Å². The van der Waals surface area contributed by atoms with E-state index in [1.54, 1.807) is 4.90 Å². The van der Waals surface area contributed by atoms with Crippen LogP contribution in [0.4, 0.5) is 0 Å². The lowest BCUT2D eigenvalue weighted by Crippen LogP contribution is -2.79. The van der Waals surface area contributed by atoms with Gasteiger partial charge in [-0.05, 0) is 43.9 Å². The van der Waals surface area contributed by atoms with E-state index in [2.05, 4.69) is 6.92 Å². The van der Waals surface area contributed by atoms with Crippen LogP contribution in [-0.4, -0.2) is 51.9 Å². The maximum atomic E-state index is 12.8. The minimum Gasteiger partial charge on any atom is -0.507 e. The maximum Gasteiger partial charge on any atom is 0.254 e. The summed E-state index contributed by atoms with van der Waals surface area (Å²) in [5.41, 5.74) is 0.192. The Balaban J connectivity index is 1.44. The van der Waals surface area contributed by atoms with Crippen LogP contribution in [0.2, 0.25) is 0 Å². The summed E-state index contributed by atoms with van der Waals surface area (Å²) >= 11 is 0. The lowest BCUT2D eigenvalue weighted by atomic mass is 9.75. The number of likely N-dealkylation sites (tertiary alicyclic amines) is 2. The number of phenols is 1. The number of carbonyl (C=O) groups excluding carboxylic acids is 2. The molecule has 1 aliphatic carbocycles. The quantitative estimate of drug-likeness (QED) is 0.911. The van der Waals surface area contributed by atoms with E-state index in [1.807, 2.05) is 11.0 Å². The molecule has 3 aliphatic rings. The van der Waals surface area contributed by atoms with Gasteiger partial charge in [-0.1, -0.05) is 6.92 Å². The summed E-state index contributed by atoms with van der Waals surface area (Å²) in [6, 6.07) is 6.21. The van der Waals surface area contributed by atoms with E-state index in [0.29, 0.717) is 18.7 Å². The van der Waals surface area contributed by atoms with E-state index >= 15 is 0 Å². The number of nitrogens with zero attached hydrogens (tertiary/aromatic N) is 3. The Hall–Kier alpha value is -2.55. The molecule has 1 aromatic carbocycles. The first-order chi connectivity index (χ1) is 11.9. The molecule has 2 saturated heterocycles. The number of hydrogen-bond acceptors (Lipinski definition) is 4. The van der Waals surface area contributed by atoms with Gasteiger partial charge in [0.25, 0.3) is 5.91 Å². The Morgan fingerprint density at radius 2 is 2.00 bits per heavy atom. The van der Waals surface area contributed by atoms with Gasteiger partial charge >= 0.3 is 0 Å². The second-order valence-electron chi connectivity index (χ2n) is 7.57. The summed E-state index contributed by atoms with van der Waals surface area (Å²) in [7, 11) is 0. The largest absolute Gasteiger partial charge is 0.507 e. The Bertz CT molecular complexity index is 801. The Morgan fingerprint density at radius 1 is 1.28 bits per heavy atom. The van der Waals surface area contributed by atoms with Crippen molar-refractivity contribution in [1.82, 2.24) is 9.80 Å². The third-order valence-electron chi connectivity index (χ3n) is 6.22. The van der Waals surface area contributed by atoms with Gasteiger partial charge in [0.1, 0.15) is 11.8 Å².